The first-order valence-corrected chi connectivity index (χ1v) is 10.7. The van der Waals surface area contributed by atoms with Crippen molar-refractivity contribution in [3.63, 3.8) is 0 Å². The Balaban J connectivity index is 1.73. The maximum absolute atomic E-state index is 10.7. The molecule has 1 saturated heterocycles. The molecule has 1 aliphatic rings. The van der Waals surface area contributed by atoms with E-state index in [4.69, 9.17) is 14.0 Å². The van der Waals surface area contributed by atoms with Crippen LogP contribution < -0.4 is 8.92 Å². The van der Waals surface area contributed by atoms with Gasteiger partial charge >= 0.3 is 10.4 Å². The van der Waals surface area contributed by atoms with Gasteiger partial charge in [0, 0.05) is 6.07 Å². The fourth-order valence-electron chi connectivity index (χ4n) is 3.02. The first-order chi connectivity index (χ1) is 15.1. The molecule has 5 unspecified atom stereocenters. The molecule has 6 N–H and O–H groups in total. The van der Waals surface area contributed by atoms with E-state index in [1.165, 1.54) is 42.5 Å². The van der Waals surface area contributed by atoms with E-state index in [0.717, 1.165) is 0 Å². The zero-order chi connectivity index (χ0) is 23.5. The van der Waals surface area contributed by atoms with E-state index in [9.17, 15) is 34.0 Å². The second-order valence-corrected chi connectivity index (χ2v) is 8.01. The molecule has 0 aromatic heterocycles. The van der Waals surface area contributed by atoms with Crippen LogP contribution in [0.5, 0.6) is 17.2 Å². The van der Waals surface area contributed by atoms with Crippen molar-refractivity contribution in [2.24, 2.45) is 0 Å². The first kappa shape index (κ1) is 23.9. The van der Waals surface area contributed by atoms with Gasteiger partial charge in [-0.3, -0.25) is 4.55 Å². The number of aliphatic hydroxyl groups excluding tert-OH is 4. The fourth-order valence-corrected chi connectivity index (χ4v) is 3.37. The number of benzene rings is 2. The average molecular weight is 470 g/mol. The number of phenolic OH excluding ortho intramolecular Hbond substituents is 1. The van der Waals surface area contributed by atoms with E-state index in [-0.39, 0.29) is 17.2 Å². The van der Waals surface area contributed by atoms with Crippen molar-refractivity contribution in [1.29, 1.82) is 0 Å². The van der Waals surface area contributed by atoms with Crippen LogP contribution in [0.2, 0.25) is 0 Å². The molecule has 2 aromatic carbocycles. The molecular formula is C20H22O11S. The van der Waals surface area contributed by atoms with Gasteiger partial charge in [-0.25, -0.2) is 0 Å². The summed E-state index contributed by atoms with van der Waals surface area (Å²) in [7, 11) is -4.61. The van der Waals surface area contributed by atoms with Gasteiger partial charge in [0.2, 0.25) is 6.29 Å². The summed E-state index contributed by atoms with van der Waals surface area (Å²) in [5.74, 6) is -0.147. The zero-order valence-corrected chi connectivity index (χ0v) is 17.2. The van der Waals surface area contributed by atoms with Crippen LogP contribution in [0.3, 0.4) is 0 Å². The second-order valence-electron chi connectivity index (χ2n) is 6.99. The Kier molecular flexibility index (Phi) is 7.36. The summed E-state index contributed by atoms with van der Waals surface area (Å²) in [6, 6.07) is 9.92. The normalized spacial score (nSPS) is 26.2. The van der Waals surface area contributed by atoms with Gasteiger partial charge in [-0.05, 0) is 35.4 Å². The van der Waals surface area contributed by atoms with Crippen molar-refractivity contribution in [1.82, 2.24) is 0 Å². The van der Waals surface area contributed by atoms with Gasteiger partial charge in [0.15, 0.2) is 0 Å². The molecule has 0 saturated carbocycles. The van der Waals surface area contributed by atoms with Crippen LogP contribution in [0.25, 0.3) is 12.2 Å². The minimum atomic E-state index is -4.61. The molecule has 12 heteroatoms. The molecule has 0 aliphatic carbocycles. The highest BCUT2D eigenvalue weighted by Gasteiger charge is 2.44. The van der Waals surface area contributed by atoms with Crippen LogP contribution in [0.1, 0.15) is 11.1 Å². The van der Waals surface area contributed by atoms with Crippen LogP contribution >= 0.6 is 0 Å². The second kappa shape index (κ2) is 9.83. The standard InChI is InChI=1S/C20H22O11S/c21-10-16-17(23)18(24)19(25)20(30-16)29-15-8-12(7-13(22)9-15)2-1-11-3-5-14(6-4-11)31-32(26,27)28/h1-9,16-25H,10H2,(H,26,27,28)/b2-1-. The van der Waals surface area contributed by atoms with Crippen molar-refractivity contribution in [3.05, 3.63) is 53.6 Å². The quantitative estimate of drug-likeness (QED) is 0.235. The highest BCUT2D eigenvalue weighted by molar-refractivity contribution is 7.81. The van der Waals surface area contributed by atoms with Gasteiger partial charge < -0.3 is 39.2 Å². The average Bonchev–Trinajstić information content (AvgIpc) is 2.72. The predicted octanol–water partition coefficient (Wildman–Crippen LogP) is -0.0771. The third-order valence-corrected chi connectivity index (χ3v) is 4.97. The number of hydrogen-bond donors (Lipinski definition) is 6. The van der Waals surface area contributed by atoms with Crippen LogP contribution in [0.15, 0.2) is 42.5 Å². The van der Waals surface area contributed by atoms with Crippen molar-refractivity contribution in [2.75, 3.05) is 6.61 Å². The van der Waals surface area contributed by atoms with E-state index in [1.54, 1.807) is 12.2 Å². The molecule has 1 aliphatic heterocycles. The van der Waals surface area contributed by atoms with Crippen LogP contribution in [0.4, 0.5) is 0 Å². The molecule has 174 valence electrons. The summed E-state index contributed by atoms with van der Waals surface area (Å²) in [6.07, 6.45) is -4.01. The number of rotatable bonds is 7. The number of hydrogen-bond acceptors (Lipinski definition) is 10. The number of aliphatic hydroxyl groups is 4. The van der Waals surface area contributed by atoms with E-state index in [2.05, 4.69) is 4.18 Å². The molecular weight excluding hydrogens is 448 g/mol. The summed E-state index contributed by atoms with van der Waals surface area (Å²) in [4.78, 5) is 0. The number of ether oxygens (including phenoxy) is 2. The highest BCUT2D eigenvalue weighted by atomic mass is 32.3. The lowest BCUT2D eigenvalue weighted by atomic mass is 9.99. The molecule has 2 aromatic rings. The lowest BCUT2D eigenvalue weighted by Gasteiger charge is -2.39. The third-order valence-electron chi connectivity index (χ3n) is 4.56. The van der Waals surface area contributed by atoms with Gasteiger partial charge in [0.25, 0.3) is 0 Å². The van der Waals surface area contributed by atoms with Gasteiger partial charge in [-0.15, -0.1) is 0 Å². The smallest absolute Gasteiger partial charge is 0.446 e. The van der Waals surface area contributed by atoms with Gasteiger partial charge in [0.05, 0.1) is 6.61 Å². The van der Waals surface area contributed by atoms with Crippen LogP contribution in [0, 0.1) is 0 Å². The summed E-state index contributed by atoms with van der Waals surface area (Å²) >= 11 is 0. The fraction of sp³-hybridized carbons (Fsp3) is 0.300. The molecule has 3 rings (SSSR count). The first-order valence-electron chi connectivity index (χ1n) is 9.32. The summed E-state index contributed by atoms with van der Waals surface area (Å²) in [6.45, 7) is -0.604. The Labute approximate surface area is 183 Å². The zero-order valence-electron chi connectivity index (χ0n) is 16.4. The minimum Gasteiger partial charge on any atom is -0.508 e. The van der Waals surface area contributed by atoms with Crippen molar-refractivity contribution >= 4 is 22.6 Å². The van der Waals surface area contributed by atoms with E-state index < -0.39 is 47.7 Å². The molecule has 0 radical (unpaired) electrons. The Morgan fingerprint density at radius 1 is 0.906 bits per heavy atom. The van der Waals surface area contributed by atoms with Gasteiger partial charge in [-0.1, -0.05) is 24.3 Å². The van der Waals surface area contributed by atoms with Crippen molar-refractivity contribution in [2.45, 2.75) is 30.7 Å². The maximum atomic E-state index is 10.7. The van der Waals surface area contributed by atoms with Gasteiger partial charge in [-0.2, -0.15) is 8.42 Å². The molecule has 1 heterocycles. The van der Waals surface area contributed by atoms with E-state index in [0.29, 0.717) is 11.1 Å². The SMILES string of the molecule is O=S(=O)(O)Oc1ccc(/C=C\c2cc(O)cc(OC3OC(CO)C(O)C(O)C3O)c2)cc1. The summed E-state index contributed by atoms with van der Waals surface area (Å²) in [5, 5.41) is 49.0. The van der Waals surface area contributed by atoms with Crippen LogP contribution in [-0.2, 0) is 15.1 Å². The molecule has 1 fully saturated rings. The molecule has 11 nitrogen and oxygen atoms in total. The lowest BCUT2D eigenvalue weighted by molar-refractivity contribution is -0.277. The monoisotopic (exact) mass is 470 g/mol. The Morgan fingerprint density at radius 3 is 2.19 bits per heavy atom. The van der Waals surface area contributed by atoms with E-state index >= 15 is 0 Å². The Morgan fingerprint density at radius 2 is 1.56 bits per heavy atom. The minimum absolute atomic E-state index is 0.0720. The molecule has 0 spiro atoms. The third kappa shape index (κ3) is 6.17. The maximum Gasteiger partial charge on any atom is 0.446 e. The molecule has 32 heavy (non-hydrogen) atoms. The predicted molar refractivity (Wildman–Crippen MR) is 110 cm³/mol. The topological polar surface area (TPSA) is 183 Å². The van der Waals surface area contributed by atoms with Crippen LogP contribution in [-0.4, -0.2) is 75.8 Å². The van der Waals surface area contributed by atoms with Gasteiger partial charge in [0.1, 0.15) is 41.7 Å². The van der Waals surface area contributed by atoms with Crippen molar-refractivity contribution < 1.29 is 52.2 Å². The number of phenols is 1. The Bertz CT molecular complexity index is 1050. The molecule has 0 bridgehead atoms. The molecule has 5 atom stereocenters. The van der Waals surface area contributed by atoms with E-state index in [1.807, 2.05) is 0 Å². The van der Waals surface area contributed by atoms with Crippen molar-refractivity contribution in [3.8, 4) is 17.2 Å². The highest BCUT2D eigenvalue weighted by Crippen LogP contribution is 2.28. The lowest BCUT2D eigenvalue weighted by Crippen LogP contribution is -2.60. The largest absolute Gasteiger partial charge is 0.508 e. The Hall–Kier alpha value is -2.71. The molecule has 0 amide bonds. The summed E-state index contributed by atoms with van der Waals surface area (Å²) in [5.41, 5.74) is 1.13. The summed E-state index contributed by atoms with van der Waals surface area (Å²) < 4.78 is 45.2. The number of aromatic hydroxyl groups is 1.